The molecule has 7 heteroatoms. The van der Waals surface area contributed by atoms with Crippen LogP contribution in [0.2, 0.25) is 0 Å². The Balaban J connectivity index is 1.38. The Hall–Kier alpha value is -2.90. The molecule has 140 valence electrons. The van der Waals surface area contributed by atoms with E-state index < -0.39 is 0 Å². The van der Waals surface area contributed by atoms with Gasteiger partial charge in [0.15, 0.2) is 0 Å². The number of anilines is 2. The third-order valence-electron chi connectivity index (χ3n) is 4.71. The number of carbonyl (C=O) groups excluding carboxylic acids is 1. The number of aromatic nitrogens is 2. The number of morpholine rings is 1. The van der Waals surface area contributed by atoms with Crippen LogP contribution in [-0.2, 0) is 11.3 Å². The zero-order valence-corrected chi connectivity index (χ0v) is 15.1. The smallest absolute Gasteiger partial charge is 0.323 e. The minimum absolute atomic E-state index is 0.283. The Labute approximate surface area is 157 Å². The van der Waals surface area contributed by atoms with Crippen LogP contribution >= 0.6 is 0 Å². The Morgan fingerprint density at radius 1 is 1.07 bits per heavy atom. The van der Waals surface area contributed by atoms with Gasteiger partial charge in [0.2, 0.25) is 0 Å². The number of nitrogens with zero attached hydrogens (tertiary/aromatic N) is 3. The highest BCUT2D eigenvalue weighted by molar-refractivity contribution is 6.00. The minimum Gasteiger partial charge on any atom is -0.379 e. The van der Waals surface area contributed by atoms with Crippen molar-refractivity contribution in [2.24, 2.45) is 0 Å². The molecule has 7 nitrogen and oxygen atoms in total. The third kappa shape index (κ3) is 4.45. The van der Waals surface area contributed by atoms with Crippen molar-refractivity contribution in [3.05, 3.63) is 55.0 Å². The number of benzene rings is 1. The van der Waals surface area contributed by atoms with E-state index in [4.69, 9.17) is 4.74 Å². The van der Waals surface area contributed by atoms with Gasteiger partial charge in [-0.05, 0) is 36.4 Å². The number of nitrogens with one attached hydrogen (secondary N) is 2. The Kier molecular flexibility index (Phi) is 5.32. The van der Waals surface area contributed by atoms with Crippen molar-refractivity contribution in [3.63, 3.8) is 0 Å². The van der Waals surface area contributed by atoms with E-state index >= 15 is 0 Å². The number of carbonyl (C=O) groups is 1. The summed E-state index contributed by atoms with van der Waals surface area (Å²) < 4.78 is 7.65. The standard InChI is InChI=1S/C20H23N5O2/c26-20(23-18-2-1-6-21-15-18)22-17-3-4-19-16(14-17)5-7-25(19)9-8-24-10-12-27-13-11-24/h1-7,14-15H,8-13H2,(H2,22,23,26). The van der Waals surface area contributed by atoms with Crippen LogP contribution in [0.3, 0.4) is 0 Å². The van der Waals surface area contributed by atoms with Gasteiger partial charge in [0.1, 0.15) is 0 Å². The van der Waals surface area contributed by atoms with E-state index in [1.807, 2.05) is 18.2 Å². The van der Waals surface area contributed by atoms with Gasteiger partial charge in [-0.3, -0.25) is 9.88 Å². The number of urea groups is 1. The summed E-state index contributed by atoms with van der Waals surface area (Å²) in [5.74, 6) is 0. The number of hydrogen-bond donors (Lipinski definition) is 2. The average Bonchev–Trinajstić information content (AvgIpc) is 3.10. The van der Waals surface area contributed by atoms with Crippen molar-refractivity contribution in [3.8, 4) is 0 Å². The van der Waals surface area contributed by atoms with Crippen LogP contribution in [0.25, 0.3) is 10.9 Å². The second kappa shape index (κ2) is 8.20. The van der Waals surface area contributed by atoms with E-state index in [1.54, 1.807) is 24.5 Å². The maximum absolute atomic E-state index is 12.1. The maximum Gasteiger partial charge on any atom is 0.323 e. The first-order chi connectivity index (χ1) is 13.3. The molecule has 3 heterocycles. The lowest BCUT2D eigenvalue weighted by molar-refractivity contribution is 0.0365. The van der Waals surface area contributed by atoms with Crippen LogP contribution in [0.4, 0.5) is 16.2 Å². The fraction of sp³-hybridized carbons (Fsp3) is 0.300. The van der Waals surface area contributed by atoms with Crippen molar-refractivity contribution in [2.75, 3.05) is 43.5 Å². The summed E-state index contributed by atoms with van der Waals surface area (Å²) in [5.41, 5.74) is 2.58. The van der Waals surface area contributed by atoms with Crippen molar-refractivity contribution in [1.82, 2.24) is 14.5 Å². The minimum atomic E-state index is -0.283. The molecule has 1 aliphatic rings. The molecule has 2 aromatic heterocycles. The van der Waals surface area contributed by atoms with Crippen molar-refractivity contribution in [2.45, 2.75) is 6.54 Å². The predicted octanol–water partition coefficient (Wildman–Crippen LogP) is 3.01. The highest BCUT2D eigenvalue weighted by Crippen LogP contribution is 2.21. The van der Waals surface area contributed by atoms with E-state index in [2.05, 4.69) is 37.3 Å². The highest BCUT2D eigenvalue weighted by atomic mass is 16.5. The lowest BCUT2D eigenvalue weighted by atomic mass is 10.2. The molecule has 2 N–H and O–H groups in total. The monoisotopic (exact) mass is 365 g/mol. The zero-order valence-electron chi connectivity index (χ0n) is 15.1. The number of rotatable bonds is 5. The molecule has 0 aliphatic carbocycles. The van der Waals surface area contributed by atoms with E-state index in [9.17, 15) is 4.79 Å². The summed E-state index contributed by atoms with van der Waals surface area (Å²) in [6.07, 6.45) is 5.38. The second-order valence-corrected chi connectivity index (χ2v) is 6.56. The molecule has 2 amide bonds. The maximum atomic E-state index is 12.1. The van der Waals surface area contributed by atoms with E-state index in [0.717, 1.165) is 50.5 Å². The van der Waals surface area contributed by atoms with Crippen LogP contribution in [0.15, 0.2) is 55.0 Å². The Bertz CT molecular complexity index is 903. The van der Waals surface area contributed by atoms with Crippen LogP contribution in [0.1, 0.15) is 0 Å². The highest BCUT2D eigenvalue weighted by Gasteiger charge is 2.11. The van der Waals surface area contributed by atoms with E-state index in [1.165, 1.54) is 5.52 Å². The van der Waals surface area contributed by atoms with Gasteiger partial charge in [-0.2, -0.15) is 0 Å². The molecule has 0 saturated carbocycles. The lowest BCUT2D eigenvalue weighted by Crippen LogP contribution is -2.38. The molecule has 1 saturated heterocycles. The van der Waals surface area contributed by atoms with Gasteiger partial charge in [-0.15, -0.1) is 0 Å². The molecule has 1 fully saturated rings. The van der Waals surface area contributed by atoms with Crippen LogP contribution in [0.5, 0.6) is 0 Å². The molecule has 0 radical (unpaired) electrons. The van der Waals surface area contributed by atoms with Gasteiger partial charge in [0.25, 0.3) is 0 Å². The fourth-order valence-electron chi connectivity index (χ4n) is 3.28. The van der Waals surface area contributed by atoms with E-state index in [-0.39, 0.29) is 6.03 Å². The molecule has 0 bridgehead atoms. The van der Waals surface area contributed by atoms with Crippen molar-refractivity contribution in [1.29, 1.82) is 0 Å². The van der Waals surface area contributed by atoms with Gasteiger partial charge < -0.3 is 19.9 Å². The first kappa shape index (κ1) is 17.5. The molecule has 27 heavy (non-hydrogen) atoms. The molecule has 3 aromatic rings. The van der Waals surface area contributed by atoms with Crippen molar-refractivity contribution < 1.29 is 9.53 Å². The zero-order chi connectivity index (χ0) is 18.5. The van der Waals surface area contributed by atoms with Crippen LogP contribution in [-0.4, -0.2) is 53.3 Å². The van der Waals surface area contributed by atoms with Crippen LogP contribution in [0, 0.1) is 0 Å². The summed E-state index contributed by atoms with van der Waals surface area (Å²) >= 11 is 0. The van der Waals surface area contributed by atoms with Crippen molar-refractivity contribution >= 4 is 28.3 Å². The van der Waals surface area contributed by atoms with Crippen LogP contribution < -0.4 is 10.6 Å². The summed E-state index contributed by atoms with van der Waals surface area (Å²) in [6, 6.07) is 11.3. The lowest BCUT2D eigenvalue weighted by Gasteiger charge is -2.26. The molecule has 0 atom stereocenters. The van der Waals surface area contributed by atoms with Gasteiger partial charge >= 0.3 is 6.03 Å². The van der Waals surface area contributed by atoms with E-state index in [0.29, 0.717) is 5.69 Å². The summed E-state index contributed by atoms with van der Waals surface area (Å²) in [5, 5.41) is 6.74. The largest absolute Gasteiger partial charge is 0.379 e. The fourth-order valence-corrected chi connectivity index (χ4v) is 3.28. The molecule has 4 rings (SSSR count). The number of ether oxygens (including phenoxy) is 1. The molecule has 0 unspecified atom stereocenters. The summed E-state index contributed by atoms with van der Waals surface area (Å²) in [6.45, 7) is 5.60. The van der Waals surface area contributed by atoms with Gasteiger partial charge in [-0.25, -0.2) is 4.79 Å². The number of pyridine rings is 1. The topological polar surface area (TPSA) is 71.4 Å². The molecular formula is C20H23N5O2. The molecule has 1 aromatic carbocycles. The Morgan fingerprint density at radius 3 is 2.74 bits per heavy atom. The normalized spacial score (nSPS) is 15.0. The summed E-state index contributed by atoms with van der Waals surface area (Å²) in [7, 11) is 0. The second-order valence-electron chi connectivity index (χ2n) is 6.56. The predicted molar refractivity (Wildman–Crippen MR) is 106 cm³/mol. The quantitative estimate of drug-likeness (QED) is 0.729. The third-order valence-corrected chi connectivity index (χ3v) is 4.71. The Morgan fingerprint density at radius 2 is 1.93 bits per heavy atom. The van der Waals surface area contributed by atoms with Gasteiger partial charge in [0.05, 0.1) is 25.1 Å². The summed E-state index contributed by atoms with van der Waals surface area (Å²) in [4.78, 5) is 18.5. The van der Waals surface area contributed by atoms with Gasteiger partial charge in [0, 0.05) is 55.2 Å². The number of hydrogen-bond acceptors (Lipinski definition) is 4. The molecule has 0 spiro atoms. The number of fused-ring (bicyclic) bond motifs is 1. The first-order valence-electron chi connectivity index (χ1n) is 9.15. The average molecular weight is 365 g/mol. The van der Waals surface area contributed by atoms with Gasteiger partial charge in [-0.1, -0.05) is 0 Å². The number of amides is 2. The SMILES string of the molecule is O=C(Nc1cccnc1)Nc1ccc2c(ccn2CCN2CCOCC2)c1. The molecular weight excluding hydrogens is 342 g/mol. The first-order valence-corrected chi connectivity index (χ1v) is 9.15. The molecule has 1 aliphatic heterocycles.